The van der Waals surface area contributed by atoms with Gasteiger partial charge in [-0.3, -0.25) is 0 Å². The van der Waals surface area contributed by atoms with Crippen LogP contribution in [0.15, 0.2) is 18.2 Å². The van der Waals surface area contributed by atoms with Crippen LogP contribution in [0.3, 0.4) is 0 Å². The van der Waals surface area contributed by atoms with Gasteiger partial charge in [0.15, 0.2) is 0 Å². The highest BCUT2D eigenvalue weighted by atomic mass is 19.1. The zero-order chi connectivity index (χ0) is 12.3. The molecule has 1 aromatic carbocycles. The Morgan fingerprint density at radius 3 is 2.94 bits per heavy atom. The summed E-state index contributed by atoms with van der Waals surface area (Å²) in [7, 11) is 0. The average molecular weight is 233 g/mol. The van der Waals surface area contributed by atoms with E-state index in [1.807, 2.05) is 6.07 Å². The molecule has 1 saturated carbocycles. The number of nitrogens with one attached hydrogen (secondary N) is 2. The Bertz CT molecular complexity index is 477. The number of rotatable bonds is 3. The lowest BCUT2D eigenvalue weighted by molar-refractivity contribution is 0.251. The lowest BCUT2D eigenvalue weighted by atomic mass is 10.2. The van der Waals surface area contributed by atoms with Gasteiger partial charge >= 0.3 is 6.03 Å². The van der Waals surface area contributed by atoms with Gasteiger partial charge in [-0.05, 0) is 37.0 Å². The van der Waals surface area contributed by atoms with Crippen molar-refractivity contribution in [3.05, 3.63) is 29.6 Å². The van der Waals surface area contributed by atoms with E-state index in [1.54, 1.807) is 0 Å². The van der Waals surface area contributed by atoms with E-state index in [1.165, 1.54) is 12.1 Å². The van der Waals surface area contributed by atoms with Gasteiger partial charge in [-0.25, -0.2) is 9.18 Å². The molecule has 0 unspecified atom stereocenters. The van der Waals surface area contributed by atoms with E-state index in [0.29, 0.717) is 18.2 Å². The number of hydrogen-bond donors (Lipinski definition) is 2. The first kappa shape index (κ1) is 11.4. The van der Waals surface area contributed by atoms with Crippen LogP contribution < -0.4 is 10.6 Å². The fourth-order valence-electron chi connectivity index (χ4n) is 1.44. The van der Waals surface area contributed by atoms with Crippen molar-refractivity contribution in [2.75, 3.05) is 11.9 Å². The minimum absolute atomic E-state index is 0.117. The highest BCUT2D eigenvalue weighted by Gasteiger charge is 2.21. The van der Waals surface area contributed by atoms with Gasteiger partial charge in [0.2, 0.25) is 0 Å². The Labute approximate surface area is 98.4 Å². The van der Waals surface area contributed by atoms with Gasteiger partial charge in [0.25, 0.3) is 0 Å². The number of halogens is 1. The van der Waals surface area contributed by atoms with E-state index < -0.39 is 5.82 Å². The number of anilines is 1. The fraction of sp³-hybridized carbons (Fsp3) is 0.333. The predicted octanol–water partition coefficient (Wildman–Crippen LogP) is 2.23. The second-order valence-electron chi connectivity index (χ2n) is 4.08. The van der Waals surface area contributed by atoms with Crippen molar-refractivity contribution in [1.82, 2.24) is 5.32 Å². The largest absolute Gasteiger partial charge is 0.338 e. The topological polar surface area (TPSA) is 64.9 Å². The van der Waals surface area contributed by atoms with Gasteiger partial charge in [0.1, 0.15) is 11.9 Å². The second kappa shape index (κ2) is 4.83. The van der Waals surface area contributed by atoms with E-state index in [0.717, 1.165) is 18.9 Å². The van der Waals surface area contributed by atoms with Gasteiger partial charge in [-0.2, -0.15) is 5.26 Å². The van der Waals surface area contributed by atoms with Crippen LogP contribution in [0, 0.1) is 23.1 Å². The van der Waals surface area contributed by atoms with Crippen molar-refractivity contribution < 1.29 is 9.18 Å². The summed E-state index contributed by atoms with van der Waals surface area (Å²) in [5, 5.41) is 14.0. The van der Waals surface area contributed by atoms with Gasteiger partial charge in [0, 0.05) is 6.54 Å². The van der Waals surface area contributed by atoms with Crippen LogP contribution >= 0.6 is 0 Å². The zero-order valence-corrected chi connectivity index (χ0v) is 9.16. The summed E-state index contributed by atoms with van der Waals surface area (Å²) in [6, 6.07) is 5.15. The Hall–Kier alpha value is -2.09. The zero-order valence-electron chi connectivity index (χ0n) is 9.16. The first-order valence-electron chi connectivity index (χ1n) is 5.43. The van der Waals surface area contributed by atoms with E-state index in [4.69, 9.17) is 5.26 Å². The smallest absolute Gasteiger partial charge is 0.319 e. The standard InChI is InChI=1S/C12H12FN3O/c13-10-3-4-11(9(5-10)6-14)16-12(17)15-7-8-1-2-8/h3-5,8H,1-2,7H2,(H2,15,16,17). The van der Waals surface area contributed by atoms with Crippen LogP contribution in [-0.2, 0) is 0 Å². The van der Waals surface area contributed by atoms with Gasteiger partial charge in [0.05, 0.1) is 11.3 Å². The van der Waals surface area contributed by atoms with Crippen LogP contribution in [0.4, 0.5) is 14.9 Å². The van der Waals surface area contributed by atoms with Gasteiger partial charge < -0.3 is 10.6 Å². The van der Waals surface area contributed by atoms with Crippen molar-refractivity contribution in [2.45, 2.75) is 12.8 Å². The normalized spacial score (nSPS) is 13.9. The van der Waals surface area contributed by atoms with Crippen molar-refractivity contribution in [3.63, 3.8) is 0 Å². The molecular formula is C12H12FN3O. The molecule has 88 valence electrons. The third-order valence-corrected chi connectivity index (χ3v) is 2.60. The fourth-order valence-corrected chi connectivity index (χ4v) is 1.44. The number of nitrogens with zero attached hydrogens (tertiary/aromatic N) is 1. The summed E-state index contributed by atoms with van der Waals surface area (Å²) >= 11 is 0. The molecule has 0 saturated heterocycles. The van der Waals surface area contributed by atoms with Crippen LogP contribution in [0.2, 0.25) is 0 Å². The first-order valence-corrected chi connectivity index (χ1v) is 5.43. The highest BCUT2D eigenvalue weighted by Crippen LogP contribution is 2.27. The molecule has 2 N–H and O–H groups in total. The molecule has 0 aliphatic heterocycles. The highest BCUT2D eigenvalue weighted by molar-refractivity contribution is 5.90. The lowest BCUT2D eigenvalue weighted by Crippen LogP contribution is -2.30. The maximum atomic E-state index is 12.9. The SMILES string of the molecule is N#Cc1cc(F)ccc1NC(=O)NCC1CC1. The van der Waals surface area contributed by atoms with Crippen molar-refractivity contribution in [1.29, 1.82) is 5.26 Å². The second-order valence-corrected chi connectivity index (χ2v) is 4.08. The van der Waals surface area contributed by atoms with Crippen LogP contribution in [0.1, 0.15) is 18.4 Å². The lowest BCUT2D eigenvalue weighted by Gasteiger charge is -2.08. The van der Waals surface area contributed by atoms with Crippen molar-refractivity contribution in [2.24, 2.45) is 5.92 Å². The average Bonchev–Trinajstić information content (AvgIpc) is 3.12. The molecule has 1 fully saturated rings. The van der Waals surface area contributed by atoms with Crippen LogP contribution in [0.25, 0.3) is 0 Å². The molecule has 2 amide bonds. The number of carbonyl (C=O) groups is 1. The van der Waals surface area contributed by atoms with E-state index in [-0.39, 0.29) is 11.6 Å². The van der Waals surface area contributed by atoms with Crippen LogP contribution in [0.5, 0.6) is 0 Å². The third kappa shape index (κ3) is 3.18. The number of nitriles is 1. The van der Waals surface area contributed by atoms with Gasteiger partial charge in [-0.15, -0.1) is 0 Å². The number of hydrogen-bond acceptors (Lipinski definition) is 2. The Morgan fingerprint density at radius 1 is 1.53 bits per heavy atom. The van der Waals surface area contributed by atoms with Crippen molar-refractivity contribution in [3.8, 4) is 6.07 Å². The molecule has 0 atom stereocenters. The Balaban J connectivity index is 1.97. The predicted molar refractivity (Wildman–Crippen MR) is 60.9 cm³/mol. The summed E-state index contributed by atoms with van der Waals surface area (Å²) in [4.78, 5) is 11.5. The molecular weight excluding hydrogens is 221 g/mol. The third-order valence-electron chi connectivity index (χ3n) is 2.60. The number of urea groups is 1. The number of amides is 2. The maximum absolute atomic E-state index is 12.9. The van der Waals surface area contributed by atoms with E-state index >= 15 is 0 Å². The quantitative estimate of drug-likeness (QED) is 0.840. The van der Waals surface area contributed by atoms with Crippen LogP contribution in [-0.4, -0.2) is 12.6 Å². The van der Waals surface area contributed by atoms with Crippen molar-refractivity contribution >= 4 is 11.7 Å². The molecule has 1 aliphatic rings. The van der Waals surface area contributed by atoms with E-state index in [9.17, 15) is 9.18 Å². The molecule has 5 heteroatoms. The summed E-state index contributed by atoms with van der Waals surface area (Å²) in [5.74, 6) is 0.0925. The minimum atomic E-state index is -0.495. The molecule has 0 heterocycles. The minimum Gasteiger partial charge on any atom is -0.338 e. The summed E-state index contributed by atoms with van der Waals surface area (Å²) < 4.78 is 12.9. The summed E-state index contributed by atoms with van der Waals surface area (Å²) in [6.07, 6.45) is 2.31. The number of carbonyl (C=O) groups excluding carboxylic acids is 1. The van der Waals surface area contributed by atoms with Gasteiger partial charge in [-0.1, -0.05) is 0 Å². The molecule has 0 aromatic heterocycles. The summed E-state index contributed by atoms with van der Waals surface area (Å²) in [6.45, 7) is 0.648. The monoisotopic (exact) mass is 233 g/mol. The summed E-state index contributed by atoms with van der Waals surface area (Å²) in [5.41, 5.74) is 0.439. The molecule has 17 heavy (non-hydrogen) atoms. The Kier molecular flexibility index (Phi) is 3.24. The molecule has 1 aliphatic carbocycles. The molecule has 2 rings (SSSR count). The van der Waals surface area contributed by atoms with E-state index in [2.05, 4.69) is 10.6 Å². The molecule has 1 aromatic rings. The first-order chi connectivity index (χ1) is 8.19. The molecule has 4 nitrogen and oxygen atoms in total. The Morgan fingerprint density at radius 2 is 2.29 bits per heavy atom. The molecule has 0 spiro atoms. The maximum Gasteiger partial charge on any atom is 0.319 e. The molecule has 0 radical (unpaired) electrons. The number of benzene rings is 1. The molecule has 0 bridgehead atoms.